The highest BCUT2D eigenvalue weighted by Crippen LogP contribution is 2.36. The Bertz CT molecular complexity index is 503. The summed E-state index contributed by atoms with van der Waals surface area (Å²) < 4.78 is 0. The minimum absolute atomic E-state index is 0.0769. The Labute approximate surface area is 126 Å². The molecule has 3 N–H and O–H groups in total. The lowest BCUT2D eigenvalue weighted by Gasteiger charge is -2.31. The van der Waals surface area contributed by atoms with E-state index < -0.39 is 11.5 Å². The largest absolute Gasteiger partial charge is 0.480 e. The van der Waals surface area contributed by atoms with Crippen LogP contribution in [0.25, 0.3) is 0 Å². The number of hydrogen-bond donors (Lipinski definition) is 2. The Morgan fingerprint density at radius 1 is 1.48 bits per heavy atom. The number of hydrogen-bond acceptors (Lipinski definition) is 3. The standard InChI is InChI=1S/C17H26N2O2/c1-3-19(15-9-5-4-7-13(15)2)12-10-14-8-6-11-17(14,18)16(20)21/h4-5,7,9,14H,3,6,8,10-12,18H2,1-2H3,(H,20,21). The first kappa shape index (κ1) is 15.8. The minimum Gasteiger partial charge on any atom is -0.480 e. The smallest absolute Gasteiger partial charge is 0.323 e. The van der Waals surface area contributed by atoms with Gasteiger partial charge in [0.25, 0.3) is 0 Å². The molecule has 2 rings (SSSR count). The van der Waals surface area contributed by atoms with Crippen LogP contribution in [0.15, 0.2) is 24.3 Å². The third-order valence-electron chi connectivity index (χ3n) is 4.86. The summed E-state index contributed by atoms with van der Waals surface area (Å²) >= 11 is 0. The molecule has 0 aliphatic heterocycles. The molecular formula is C17H26N2O2. The number of rotatable bonds is 6. The van der Waals surface area contributed by atoms with Gasteiger partial charge in [0.05, 0.1) is 0 Å². The predicted molar refractivity (Wildman–Crippen MR) is 85.6 cm³/mol. The van der Waals surface area contributed by atoms with Crippen LogP contribution in [-0.4, -0.2) is 29.7 Å². The van der Waals surface area contributed by atoms with Gasteiger partial charge in [-0.05, 0) is 50.7 Å². The van der Waals surface area contributed by atoms with Crippen molar-refractivity contribution in [3.63, 3.8) is 0 Å². The molecule has 1 saturated carbocycles. The summed E-state index contributed by atoms with van der Waals surface area (Å²) in [5.74, 6) is -0.767. The van der Waals surface area contributed by atoms with E-state index in [2.05, 4.69) is 30.9 Å². The van der Waals surface area contributed by atoms with Crippen molar-refractivity contribution in [1.29, 1.82) is 0 Å². The predicted octanol–water partition coefficient (Wildman–Crippen LogP) is 2.79. The van der Waals surface area contributed by atoms with Gasteiger partial charge in [-0.3, -0.25) is 4.79 Å². The van der Waals surface area contributed by atoms with Crippen LogP contribution in [0, 0.1) is 12.8 Å². The first-order valence-electron chi connectivity index (χ1n) is 7.82. The number of carboxylic acids is 1. The molecule has 1 aliphatic carbocycles. The molecule has 0 amide bonds. The zero-order valence-electron chi connectivity index (χ0n) is 13.0. The second-order valence-electron chi connectivity index (χ2n) is 6.09. The van der Waals surface area contributed by atoms with E-state index in [4.69, 9.17) is 5.73 Å². The van der Waals surface area contributed by atoms with Gasteiger partial charge in [-0.15, -0.1) is 0 Å². The lowest BCUT2D eigenvalue weighted by molar-refractivity contribution is -0.144. The third kappa shape index (κ3) is 3.21. The average molecular weight is 290 g/mol. The molecule has 1 aliphatic rings. The lowest BCUT2D eigenvalue weighted by Crippen LogP contribution is -2.51. The molecule has 0 saturated heterocycles. The SMILES string of the molecule is CCN(CCC1CCCC1(N)C(=O)O)c1ccccc1C. The number of carbonyl (C=O) groups is 1. The second kappa shape index (κ2) is 6.48. The lowest BCUT2D eigenvalue weighted by atomic mass is 9.85. The summed E-state index contributed by atoms with van der Waals surface area (Å²) in [6.07, 6.45) is 3.28. The Morgan fingerprint density at radius 3 is 2.81 bits per heavy atom. The fourth-order valence-electron chi connectivity index (χ4n) is 3.46. The van der Waals surface area contributed by atoms with Crippen molar-refractivity contribution in [1.82, 2.24) is 0 Å². The zero-order chi connectivity index (χ0) is 15.5. The molecule has 1 aromatic carbocycles. The third-order valence-corrected chi connectivity index (χ3v) is 4.86. The highest BCUT2D eigenvalue weighted by Gasteiger charge is 2.45. The average Bonchev–Trinajstić information content (AvgIpc) is 2.84. The highest BCUT2D eigenvalue weighted by molar-refractivity contribution is 5.79. The van der Waals surface area contributed by atoms with E-state index in [0.29, 0.717) is 6.42 Å². The molecule has 0 radical (unpaired) electrons. The van der Waals surface area contributed by atoms with E-state index in [1.807, 2.05) is 12.1 Å². The van der Waals surface area contributed by atoms with Gasteiger partial charge in [0, 0.05) is 18.8 Å². The van der Waals surface area contributed by atoms with Crippen LogP contribution in [-0.2, 0) is 4.79 Å². The number of aryl methyl sites for hydroxylation is 1. The molecule has 0 spiro atoms. The summed E-state index contributed by atoms with van der Waals surface area (Å²) in [6.45, 7) is 6.02. The first-order valence-corrected chi connectivity index (χ1v) is 7.82. The van der Waals surface area contributed by atoms with Crippen molar-refractivity contribution in [2.24, 2.45) is 11.7 Å². The van der Waals surface area contributed by atoms with Gasteiger partial charge in [-0.1, -0.05) is 24.6 Å². The first-order chi connectivity index (χ1) is 9.99. The molecule has 21 heavy (non-hydrogen) atoms. The fraction of sp³-hybridized carbons (Fsp3) is 0.588. The summed E-state index contributed by atoms with van der Waals surface area (Å²) in [5, 5.41) is 9.39. The van der Waals surface area contributed by atoms with Crippen molar-refractivity contribution in [2.75, 3.05) is 18.0 Å². The van der Waals surface area contributed by atoms with Crippen LogP contribution in [0.3, 0.4) is 0 Å². The van der Waals surface area contributed by atoms with Gasteiger partial charge in [0.15, 0.2) is 0 Å². The van der Waals surface area contributed by atoms with Crippen molar-refractivity contribution in [3.05, 3.63) is 29.8 Å². The van der Waals surface area contributed by atoms with Gasteiger partial charge in [0.2, 0.25) is 0 Å². The summed E-state index contributed by atoms with van der Waals surface area (Å²) in [6, 6.07) is 8.32. The minimum atomic E-state index is -1.02. The Hall–Kier alpha value is -1.55. The van der Waals surface area contributed by atoms with Crippen LogP contribution in [0.2, 0.25) is 0 Å². The maximum Gasteiger partial charge on any atom is 0.323 e. The van der Waals surface area contributed by atoms with Crippen LogP contribution in [0.1, 0.15) is 38.2 Å². The molecule has 4 heteroatoms. The topological polar surface area (TPSA) is 66.6 Å². The van der Waals surface area contributed by atoms with Gasteiger partial charge in [-0.2, -0.15) is 0 Å². The Balaban J connectivity index is 2.04. The Kier molecular flexibility index (Phi) is 4.88. The number of nitrogens with two attached hydrogens (primary N) is 1. The number of anilines is 1. The maximum absolute atomic E-state index is 11.4. The molecule has 0 bridgehead atoms. The van der Waals surface area contributed by atoms with E-state index in [1.165, 1.54) is 11.3 Å². The summed E-state index contributed by atoms with van der Waals surface area (Å²) in [5.41, 5.74) is 7.59. The fourth-order valence-corrected chi connectivity index (χ4v) is 3.46. The zero-order valence-corrected chi connectivity index (χ0v) is 13.0. The van der Waals surface area contributed by atoms with Crippen molar-refractivity contribution < 1.29 is 9.90 Å². The van der Waals surface area contributed by atoms with Gasteiger partial charge < -0.3 is 15.7 Å². The van der Waals surface area contributed by atoms with E-state index in [0.717, 1.165) is 32.4 Å². The molecule has 2 atom stereocenters. The van der Waals surface area contributed by atoms with Crippen molar-refractivity contribution >= 4 is 11.7 Å². The molecule has 4 nitrogen and oxygen atoms in total. The number of nitrogens with zero attached hydrogens (tertiary/aromatic N) is 1. The second-order valence-corrected chi connectivity index (χ2v) is 6.09. The highest BCUT2D eigenvalue weighted by atomic mass is 16.4. The van der Waals surface area contributed by atoms with Crippen LogP contribution < -0.4 is 10.6 Å². The van der Waals surface area contributed by atoms with E-state index in [1.54, 1.807) is 0 Å². The summed E-state index contributed by atoms with van der Waals surface area (Å²) in [7, 11) is 0. The molecular weight excluding hydrogens is 264 g/mol. The normalized spacial score (nSPS) is 25.0. The van der Waals surface area contributed by atoms with Crippen LogP contribution >= 0.6 is 0 Å². The van der Waals surface area contributed by atoms with E-state index in [-0.39, 0.29) is 5.92 Å². The number of benzene rings is 1. The molecule has 2 unspecified atom stereocenters. The number of aliphatic carboxylic acids is 1. The monoisotopic (exact) mass is 290 g/mol. The van der Waals surface area contributed by atoms with Crippen LogP contribution in [0.5, 0.6) is 0 Å². The summed E-state index contributed by atoms with van der Waals surface area (Å²) in [4.78, 5) is 13.7. The molecule has 1 aromatic rings. The quantitative estimate of drug-likeness (QED) is 0.845. The van der Waals surface area contributed by atoms with E-state index >= 15 is 0 Å². The van der Waals surface area contributed by atoms with Gasteiger partial charge >= 0.3 is 5.97 Å². The molecule has 1 fully saturated rings. The van der Waals surface area contributed by atoms with Crippen molar-refractivity contribution in [3.8, 4) is 0 Å². The van der Waals surface area contributed by atoms with E-state index in [9.17, 15) is 9.90 Å². The van der Waals surface area contributed by atoms with Crippen molar-refractivity contribution in [2.45, 2.75) is 45.1 Å². The Morgan fingerprint density at radius 2 is 2.19 bits per heavy atom. The van der Waals surface area contributed by atoms with Gasteiger partial charge in [-0.25, -0.2) is 0 Å². The molecule has 116 valence electrons. The maximum atomic E-state index is 11.4. The van der Waals surface area contributed by atoms with Gasteiger partial charge in [0.1, 0.15) is 5.54 Å². The molecule has 0 aromatic heterocycles. The molecule has 0 heterocycles. The number of para-hydroxylation sites is 1. The number of carboxylic acid groups (broad SMARTS) is 1. The van der Waals surface area contributed by atoms with Crippen LogP contribution in [0.4, 0.5) is 5.69 Å².